The van der Waals surface area contributed by atoms with Gasteiger partial charge in [-0.25, -0.2) is 0 Å². The van der Waals surface area contributed by atoms with Gasteiger partial charge in [0, 0.05) is 11.5 Å². The van der Waals surface area contributed by atoms with Crippen LogP contribution in [-0.4, -0.2) is 19.7 Å². The summed E-state index contributed by atoms with van der Waals surface area (Å²) in [4.78, 5) is 0. The monoisotopic (exact) mass is 271 g/mol. The van der Waals surface area contributed by atoms with Crippen LogP contribution in [0.4, 0.5) is 0 Å². The van der Waals surface area contributed by atoms with E-state index in [-0.39, 0.29) is 0 Å². The van der Waals surface area contributed by atoms with Crippen molar-refractivity contribution in [1.82, 2.24) is 5.32 Å². The summed E-state index contributed by atoms with van der Waals surface area (Å²) in [6.07, 6.45) is 6.69. The fraction of sp³-hybridized carbons (Fsp3) is 0.667. The van der Waals surface area contributed by atoms with Crippen LogP contribution in [0.2, 0.25) is 0 Å². The average Bonchev–Trinajstić information content (AvgIpc) is 2.46. The zero-order valence-corrected chi connectivity index (χ0v) is 12.6. The molecule has 0 amide bonds. The summed E-state index contributed by atoms with van der Waals surface area (Å²) in [5, 5.41) is 3.80. The first-order chi connectivity index (χ1) is 9.73. The molecule has 2 aliphatic carbocycles. The highest BCUT2D eigenvalue weighted by atomic mass is 16.5. The fourth-order valence-corrected chi connectivity index (χ4v) is 5.33. The van der Waals surface area contributed by atoms with E-state index < -0.39 is 0 Å². The number of nitrogens with one attached hydrogen (secondary N) is 1. The zero-order valence-electron chi connectivity index (χ0n) is 12.6. The normalized spacial score (nSPS) is 38.8. The van der Waals surface area contributed by atoms with E-state index in [1.54, 1.807) is 18.2 Å². The Hall–Kier alpha value is -1.02. The fourth-order valence-electron chi connectivity index (χ4n) is 5.33. The molecule has 1 saturated heterocycles. The van der Waals surface area contributed by atoms with Crippen molar-refractivity contribution < 1.29 is 4.74 Å². The van der Waals surface area contributed by atoms with Gasteiger partial charge in [-0.3, -0.25) is 0 Å². The highest BCUT2D eigenvalue weighted by Gasteiger charge is 2.52. The van der Waals surface area contributed by atoms with Crippen LogP contribution in [0, 0.1) is 11.8 Å². The van der Waals surface area contributed by atoms with Crippen molar-refractivity contribution in [2.24, 2.45) is 11.8 Å². The molecule has 1 heterocycles. The quantitative estimate of drug-likeness (QED) is 0.846. The van der Waals surface area contributed by atoms with Crippen LogP contribution in [0.1, 0.15) is 43.7 Å². The van der Waals surface area contributed by atoms with Gasteiger partial charge in [0.15, 0.2) is 0 Å². The summed E-state index contributed by atoms with van der Waals surface area (Å²) >= 11 is 0. The summed E-state index contributed by atoms with van der Waals surface area (Å²) in [6.45, 7) is 3.63. The molecule has 2 fully saturated rings. The van der Waals surface area contributed by atoms with Crippen LogP contribution in [-0.2, 0) is 11.8 Å². The minimum atomic E-state index is 0.426. The average molecular weight is 271 g/mol. The third kappa shape index (κ3) is 1.67. The van der Waals surface area contributed by atoms with Crippen molar-refractivity contribution in [1.29, 1.82) is 0 Å². The number of methoxy groups -OCH3 is 1. The lowest BCUT2D eigenvalue weighted by atomic mass is 9.51. The lowest BCUT2D eigenvalue weighted by Gasteiger charge is -2.57. The molecular weight excluding hydrogens is 246 g/mol. The van der Waals surface area contributed by atoms with Crippen LogP contribution in [0.15, 0.2) is 18.2 Å². The molecule has 108 valence electrons. The number of fused-ring (bicyclic) bond motifs is 1. The Morgan fingerprint density at radius 2 is 2.20 bits per heavy atom. The number of hydrogen-bond acceptors (Lipinski definition) is 2. The maximum atomic E-state index is 5.51. The molecule has 4 atom stereocenters. The first-order valence-electron chi connectivity index (χ1n) is 8.14. The Morgan fingerprint density at radius 3 is 3.05 bits per heavy atom. The smallest absolute Gasteiger partial charge is 0.119 e. The molecule has 0 aromatic heterocycles. The van der Waals surface area contributed by atoms with Gasteiger partial charge in [0.25, 0.3) is 0 Å². The van der Waals surface area contributed by atoms with E-state index >= 15 is 0 Å². The molecule has 4 unspecified atom stereocenters. The molecule has 4 rings (SSSR count). The van der Waals surface area contributed by atoms with Crippen molar-refractivity contribution in [2.45, 2.75) is 50.5 Å². The highest BCUT2D eigenvalue weighted by molar-refractivity contribution is 5.45. The molecule has 2 bridgehead atoms. The second kappa shape index (κ2) is 4.49. The molecule has 1 aromatic carbocycles. The number of hydrogen-bond donors (Lipinski definition) is 1. The third-order valence-corrected chi connectivity index (χ3v) is 6.15. The van der Waals surface area contributed by atoms with Crippen molar-refractivity contribution >= 4 is 0 Å². The van der Waals surface area contributed by atoms with Gasteiger partial charge in [0.05, 0.1) is 7.11 Å². The van der Waals surface area contributed by atoms with E-state index in [4.69, 9.17) is 4.74 Å². The van der Waals surface area contributed by atoms with Gasteiger partial charge in [0.2, 0.25) is 0 Å². The molecule has 1 aromatic rings. The number of benzene rings is 1. The van der Waals surface area contributed by atoms with Crippen molar-refractivity contribution in [3.05, 3.63) is 29.3 Å². The summed E-state index contributed by atoms with van der Waals surface area (Å²) in [5.74, 6) is 2.74. The highest BCUT2D eigenvalue weighted by Crippen LogP contribution is 2.55. The second-order valence-electron chi connectivity index (χ2n) is 7.19. The van der Waals surface area contributed by atoms with E-state index in [0.717, 1.165) is 17.6 Å². The van der Waals surface area contributed by atoms with Gasteiger partial charge in [-0.1, -0.05) is 19.4 Å². The lowest BCUT2D eigenvalue weighted by molar-refractivity contribution is 0.0563. The minimum Gasteiger partial charge on any atom is -0.497 e. The van der Waals surface area contributed by atoms with E-state index in [0.29, 0.717) is 11.5 Å². The van der Waals surface area contributed by atoms with Gasteiger partial charge in [-0.05, 0) is 67.3 Å². The maximum Gasteiger partial charge on any atom is 0.119 e. The van der Waals surface area contributed by atoms with E-state index in [1.165, 1.54) is 38.6 Å². The number of ether oxygens (including phenoxy) is 1. The van der Waals surface area contributed by atoms with Crippen LogP contribution in [0.25, 0.3) is 0 Å². The predicted molar refractivity (Wildman–Crippen MR) is 81.3 cm³/mol. The minimum absolute atomic E-state index is 0.426. The van der Waals surface area contributed by atoms with Gasteiger partial charge in [0.1, 0.15) is 5.75 Å². The Balaban J connectivity index is 1.87. The van der Waals surface area contributed by atoms with Gasteiger partial charge < -0.3 is 10.1 Å². The SMILES string of the molecule is COc1ccc2c(c1)C13CCNC(C2)C1CCC(C)C3. The summed E-state index contributed by atoms with van der Waals surface area (Å²) in [7, 11) is 1.79. The van der Waals surface area contributed by atoms with Gasteiger partial charge >= 0.3 is 0 Å². The molecule has 3 aliphatic rings. The van der Waals surface area contributed by atoms with Crippen molar-refractivity contribution in [3.8, 4) is 5.75 Å². The molecular formula is C18H25NO. The molecule has 1 saturated carbocycles. The summed E-state index contributed by atoms with van der Waals surface area (Å²) < 4.78 is 5.51. The summed E-state index contributed by atoms with van der Waals surface area (Å²) in [6, 6.07) is 7.50. The Morgan fingerprint density at radius 1 is 1.30 bits per heavy atom. The number of piperidine rings is 1. The second-order valence-corrected chi connectivity index (χ2v) is 7.19. The first-order valence-corrected chi connectivity index (χ1v) is 8.14. The molecule has 1 aliphatic heterocycles. The molecule has 0 radical (unpaired) electrons. The van der Waals surface area contributed by atoms with Crippen LogP contribution < -0.4 is 10.1 Å². The molecule has 0 spiro atoms. The van der Waals surface area contributed by atoms with E-state index in [1.807, 2.05) is 0 Å². The number of rotatable bonds is 1. The van der Waals surface area contributed by atoms with Crippen LogP contribution in [0.5, 0.6) is 5.75 Å². The van der Waals surface area contributed by atoms with Gasteiger partial charge in [-0.15, -0.1) is 0 Å². The maximum absolute atomic E-state index is 5.51. The van der Waals surface area contributed by atoms with Crippen molar-refractivity contribution in [3.63, 3.8) is 0 Å². The van der Waals surface area contributed by atoms with Crippen LogP contribution in [0.3, 0.4) is 0 Å². The van der Waals surface area contributed by atoms with Gasteiger partial charge in [-0.2, -0.15) is 0 Å². The summed E-state index contributed by atoms with van der Waals surface area (Å²) in [5.41, 5.74) is 3.61. The molecule has 2 heteroatoms. The van der Waals surface area contributed by atoms with Crippen molar-refractivity contribution in [2.75, 3.05) is 13.7 Å². The molecule has 2 nitrogen and oxygen atoms in total. The van der Waals surface area contributed by atoms with E-state index in [2.05, 4.69) is 30.4 Å². The topological polar surface area (TPSA) is 21.3 Å². The van der Waals surface area contributed by atoms with Crippen LogP contribution >= 0.6 is 0 Å². The standard InChI is InChI=1S/C18H25NO/c1-12-3-6-15-17-9-13-4-5-14(20-2)10-16(13)18(15,11-12)7-8-19-17/h4-5,10,12,15,17,19H,3,6-9,11H2,1-2H3. The third-order valence-electron chi connectivity index (χ3n) is 6.15. The Kier molecular flexibility index (Phi) is 2.85. The lowest BCUT2D eigenvalue weighted by Crippen LogP contribution is -2.60. The Bertz CT molecular complexity index is 526. The van der Waals surface area contributed by atoms with E-state index in [9.17, 15) is 0 Å². The molecule has 1 N–H and O–H groups in total. The first kappa shape index (κ1) is 12.7. The largest absolute Gasteiger partial charge is 0.497 e. The zero-order chi connectivity index (χ0) is 13.7. The molecule has 20 heavy (non-hydrogen) atoms. The Labute approximate surface area is 121 Å². The predicted octanol–water partition coefficient (Wildman–Crippen LogP) is 3.29.